The number of hydrogen-bond donors (Lipinski definition) is 2. The molecule has 0 radical (unpaired) electrons. The fraction of sp³-hybridized carbons (Fsp3) is 0.400. The normalized spacial score (nSPS) is 13.4. The van der Waals surface area contributed by atoms with Crippen LogP contribution in [0.1, 0.15) is 13.8 Å². The lowest BCUT2D eigenvalue weighted by Crippen LogP contribution is -2.19. The molecule has 0 aromatic rings. The predicted octanol–water partition coefficient (Wildman–Crippen LogP) is 0.256. The van der Waals surface area contributed by atoms with Gasteiger partial charge < -0.3 is 10.4 Å². The van der Waals surface area contributed by atoms with Crippen molar-refractivity contribution in [3.8, 4) is 0 Å². The zero-order valence-electron chi connectivity index (χ0n) is 5.70. The molecule has 0 saturated carbocycles. The zero-order chi connectivity index (χ0) is 8.15. The number of oxime groups is 2. The van der Waals surface area contributed by atoms with Crippen LogP contribution in [0.3, 0.4) is 0 Å². The average Bonchev–Trinajstić information content (AvgIpc) is 1.88. The Hall–Kier alpha value is -1.39. The van der Waals surface area contributed by atoms with E-state index in [2.05, 4.69) is 10.3 Å². The van der Waals surface area contributed by atoms with Gasteiger partial charge in [0, 0.05) is 6.92 Å². The van der Waals surface area contributed by atoms with E-state index >= 15 is 0 Å². The minimum absolute atomic E-state index is 0.00463. The highest BCUT2D eigenvalue weighted by Gasteiger charge is 2.09. The summed E-state index contributed by atoms with van der Waals surface area (Å²) in [5, 5.41) is 21.6. The molecular formula is C5H8N2O3. The van der Waals surface area contributed by atoms with Crippen molar-refractivity contribution in [1.29, 1.82) is 0 Å². The fourth-order valence-electron chi connectivity index (χ4n) is 0.445. The van der Waals surface area contributed by atoms with Gasteiger partial charge in [-0.2, -0.15) is 0 Å². The maximum atomic E-state index is 10.5. The average molecular weight is 144 g/mol. The van der Waals surface area contributed by atoms with Crippen LogP contribution in [0.5, 0.6) is 0 Å². The summed E-state index contributed by atoms with van der Waals surface area (Å²) in [6, 6.07) is 0. The Morgan fingerprint density at radius 1 is 1.20 bits per heavy atom. The summed E-state index contributed by atoms with van der Waals surface area (Å²) in [5.41, 5.74) is -0.238. The first kappa shape index (κ1) is 8.61. The second-order valence-corrected chi connectivity index (χ2v) is 1.69. The molecule has 0 aromatic heterocycles. The number of carbonyl (C=O) groups excluding carboxylic acids is 1. The van der Waals surface area contributed by atoms with Crippen LogP contribution < -0.4 is 0 Å². The standard InChI is InChI=1S/C5H8N2O3/c1-3(6-9)5(7-10)4(2)8/h9-10H,1-2H3. The van der Waals surface area contributed by atoms with Gasteiger partial charge in [-0.1, -0.05) is 10.3 Å². The molecule has 0 saturated heterocycles. The van der Waals surface area contributed by atoms with Crippen molar-refractivity contribution in [2.45, 2.75) is 13.8 Å². The van der Waals surface area contributed by atoms with Crippen LogP contribution >= 0.6 is 0 Å². The smallest absolute Gasteiger partial charge is 0.183 e. The number of nitrogens with zero attached hydrogens (tertiary/aromatic N) is 2. The highest BCUT2D eigenvalue weighted by molar-refractivity contribution is 6.66. The summed E-state index contributed by atoms with van der Waals surface area (Å²) in [7, 11) is 0. The van der Waals surface area contributed by atoms with Gasteiger partial charge in [0.05, 0.1) is 0 Å². The van der Waals surface area contributed by atoms with E-state index in [1.54, 1.807) is 0 Å². The van der Waals surface area contributed by atoms with Crippen LogP contribution in [0.2, 0.25) is 0 Å². The molecule has 0 fully saturated rings. The minimum atomic E-state index is -0.446. The summed E-state index contributed by atoms with van der Waals surface area (Å²) in [5.74, 6) is -0.446. The molecule has 0 bridgehead atoms. The van der Waals surface area contributed by atoms with E-state index in [0.717, 1.165) is 0 Å². The third kappa shape index (κ3) is 1.85. The van der Waals surface area contributed by atoms with Crippen molar-refractivity contribution >= 4 is 17.2 Å². The maximum Gasteiger partial charge on any atom is 0.183 e. The van der Waals surface area contributed by atoms with E-state index in [1.807, 2.05) is 0 Å². The summed E-state index contributed by atoms with van der Waals surface area (Å²) in [4.78, 5) is 10.5. The Labute approximate surface area is 57.6 Å². The highest BCUT2D eigenvalue weighted by atomic mass is 16.4. The van der Waals surface area contributed by atoms with Crippen LogP contribution in [-0.2, 0) is 4.79 Å². The van der Waals surface area contributed by atoms with E-state index in [0.29, 0.717) is 0 Å². The fourth-order valence-corrected chi connectivity index (χ4v) is 0.445. The lowest BCUT2D eigenvalue weighted by molar-refractivity contribution is -0.111. The van der Waals surface area contributed by atoms with Crippen LogP contribution in [0.15, 0.2) is 10.3 Å². The van der Waals surface area contributed by atoms with Gasteiger partial charge in [0.15, 0.2) is 11.5 Å². The van der Waals surface area contributed by atoms with Crippen molar-refractivity contribution in [3.63, 3.8) is 0 Å². The quantitative estimate of drug-likeness (QED) is 0.331. The lowest BCUT2D eigenvalue weighted by Gasteiger charge is -1.93. The summed E-state index contributed by atoms with van der Waals surface area (Å²) in [6.07, 6.45) is 0. The molecule has 0 aliphatic heterocycles. The van der Waals surface area contributed by atoms with Crippen LogP contribution in [0.25, 0.3) is 0 Å². The van der Waals surface area contributed by atoms with Gasteiger partial charge in [-0.05, 0) is 6.92 Å². The molecule has 0 heterocycles. The van der Waals surface area contributed by atoms with E-state index < -0.39 is 5.78 Å². The van der Waals surface area contributed by atoms with E-state index in [-0.39, 0.29) is 11.4 Å². The van der Waals surface area contributed by atoms with Crippen molar-refractivity contribution in [2.24, 2.45) is 10.3 Å². The van der Waals surface area contributed by atoms with Gasteiger partial charge in [0.2, 0.25) is 0 Å². The van der Waals surface area contributed by atoms with Gasteiger partial charge in [-0.25, -0.2) is 0 Å². The molecule has 0 spiro atoms. The summed E-state index contributed by atoms with van der Waals surface area (Å²) < 4.78 is 0. The molecule has 0 aliphatic rings. The van der Waals surface area contributed by atoms with Crippen molar-refractivity contribution < 1.29 is 15.2 Å². The Bertz CT molecular complexity index is 195. The van der Waals surface area contributed by atoms with E-state index in [4.69, 9.17) is 10.4 Å². The third-order valence-electron chi connectivity index (χ3n) is 0.926. The Balaban J connectivity index is 4.56. The maximum absolute atomic E-state index is 10.5. The van der Waals surface area contributed by atoms with Crippen molar-refractivity contribution in [3.05, 3.63) is 0 Å². The molecule has 10 heavy (non-hydrogen) atoms. The Kier molecular flexibility index (Phi) is 3.10. The molecule has 0 aromatic carbocycles. The van der Waals surface area contributed by atoms with Crippen LogP contribution in [0.4, 0.5) is 0 Å². The number of Topliss-reactive ketones (excluding diaryl/α,β-unsaturated/α-hetero) is 1. The molecule has 56 valence electrons. The monoisotopic (exact) mass is 144 g/mol. The Morgan fingerprint density at radius 2 is 1.70 bits per heavy atom. The van der Waals surface area contributed by atoms with Gasteiger partial charge in [-0.15, -0.1) is 0 Å². The van der Waals surface area contributed by atoms with Gasteiger partial charge in [-0.3, -0.25) is 4.79 Å². The van der Waals surface area contributed by atoms with Gasteiger partial charge in [0.25, 0.3) is 0 Å². The minimum Gasteiger partial charge on any atom is -0.411 e. The molecule has 0 amide bonds. The molecule has 2 N–H and O–H groups in total. The second-order valence-electron chi connectivity index (χ2n) is 1.69. The number of hydrogen-bond acceptors (Lipinski definition) is 5. The SMILES string of the molecule is CC(=O)C(=NO)C(C)=NO. The summed E-state index contributed by atoms with van der Waals surface area (Å²) in [6.45, 7) is 2.57. The first-order chi connectivity index (χ1) is 4.63. The number of rotatable bonds is 2. The topological polar surface area (TPSA) is 82.2 Å². The van der Waals surface area contributed by atoms with Crippen LogP contribution in [-0.4, -0.2) is 27.6 Å². The second kappa shape index (κ2) is 3.60. The van der Waals surface area contributed by atoms with E-state index in [1.165, 1.54) is 13.8 Å². The molecule has 0 atom stereocenters. The predicted molar refractivity (Wildman–Crippen MR) is 34.8 cm³/mol. The molecular weight excluding hydrogens is 136 g/mol. The van der Waals surface area contributed by atoms with Crippen molar-refractivity contribution in [1.82, 2.24) is 0 Å². The van der Waals surface area contributed by atoms with Gasteiger partial charge >= 0.3 is 0 Å². The van der Waals surface area contributed by atoms with Crippen LogP contribution in [0, 0.1) is 0 Å². The largest absolute Gasteiger partial charge is 0.411 e. The van der Waals surface area contributed by atoms with Gasteiger partial charge in [0.1, 0.15) is 5.71 Å². The first-order valence-electron chi connectivity index (χ1n) is 2.55. The van der Waals surface area contributed by atoms with E-state index in [9.17, 15) is 4.79 Å². The zero-order valence-corrected chi connectivity index (χ0v) is 5.70. The Morgan fingerprint density at radius 3 is 1.80 bits per heavy atom. The first-order valence-corrected chi connectivity index (χ1v) is 2.55. The summed E-state index contributed by atoms with van der Waals surface area (Å²) >= 11 is 0. The van der Waals surface area contributed by atoms with Crippen molar-refractivity contribution in [2.75, 3.05) is 0 Å². The molecule has 0 unspecified atom stereocenters. The number of carbonyl (C=O) groups is 1. The molecule has 0 rings (SSSR count). The molecule has 5 heteroatoms. The molecule has 0 aliphatic carbocycles. The lowest BCUT2D eigenvalue weighted by atomic mass is 10.2. The third-order valence-corrected chi connectivity index (χ3v) is 0.926. The number of ketones is 1. The highest BCUT2D eigenvalue weighted by Crippen LogP contribution is 1.84. The molecule has 5 nitrogen and oxygen atoms in total.